The largest absolute Gasteiger partial charge is 0.481 e. The first kappa shape index (κ1) is 15.8. The van der Waals surface area contributed by atoms with Gasteiger partial charge in [0.05, 0.1) is 0 Å². The Morgan fingerprint density at radius 1 is 1.14 bits per heavy atom. The van der Waals surface area contributed by atoms with Crippen molar-refractivity contribution in [3.63, 3.8) is 0 Å². The number of rotatable bonds is 5. The van der Waals surface area contributed by atoms with E-state index in [9.17, 15) is 14.4 Å². The second kappa shape index (κ2) is 6.47. The number of carboxylic acids is 1. The van der Waals surface area contributed by atoms with Crippen LogP contribution >= 0.6 is 0 Å². The van der Waals surface area contributed by atoms with E-state index in [0.717, 1.165) is 5.56 Å². The quantitative estimate of drug-likeness (QED) is 0.843. The van der Waals surface area contributed by atoms with Crippen LogP contribution in [0.3, 0.4) is 0 Å². The minimum atomic E-state index is -0.983. The maximum Gasteiger partial charge on any atom is 0.303 e. The minimum Gasteiger partial charge on any atom is -0.481 e. The molecular weight excluding hydrogens is 282 g/mol. The van der Waals surface area contributed by atoms with Crippen LogP contribution in [0.4, 0.5) is 0 Å². The molecule has 0 atom stereocenters. The van der Waals surface area contributed by atoms with Crippen molar-refractivity contribution in [3.05, 3.63) is 52.4 Å². The third-order valence-electron chi connectivity index (χ3n) is 3.83. The fourth-order valence-corrected chi connectivity index (χ4v) is 2.52. The first-order chi connectivity index (χ1) is 10.4. The van der Waals surface area contributed by atoms with E-state index < -0.39 is 5.97 Å². The molecule has 2 rings (SSSR count). The van der Waals surface area contributed by atoms with Gasteiger partial charge in [-0.3, -0.25) is 19.4 Å². The number of ketones is 2. The summed E-state index contributed by atoms with van der Waals surface area (Å²) in [4.78, 5) is 39.6. The van der Waals surface area contributed by atoms with E-state index in [4.69, 9.17) is 5.11 Å². The maximum absolute atomic E-state index is 12.5. The van der Waals surface area contributed by atoms with Crippen LogP contribution in [0.15, 0.2) is 46.8 Å². The Kier molecular flexibility index (Phi) is 4.65. The van der Waals surface area contributed by atoms with Crippen LogP contribution in [0.1, 0.15) is 32.3 Å². The summed E-state index contributed by atoms with van der Waals surface area (Å²) in [5.41, 5.74) is 2.41. The zero-order valence-corrected chi connectivity index (χ0v) is 12.5. The van der Waals surface area contributed by atoms with Crippen molar-refractivity contribution in [1.82, 2.24) is 4.98 Å². The monoisotopic (exact) mass is 299 g/mol. The topological polar surface area (TPSA) is 84.3 Å². The van der Waals surface area contributed by atoms with Crippen LogP contribution in [-0.2, 0) is 20.8 Å². The molecular formula is C17H17NO4. The summed E-state index contributed by atoms with van der Waals surface area (Å²) in [5, 5.41) is 8.76. The van der Waals surface area contributed by atoms with Gasteiger partial charge in [-0.25, -0.2) is 0 Å². The number of pyridine rings is 1. The molecule has 1 heterocycles. The number of allylic oxidation sites excluding steroid dienone is 4. The number of aromatic nitrogens is 1. The molecule has 0 aromatic carbocycles. The Morgan fingerprint density at radius 2 is 1.77 bits per heavy atom. The van der Waals surface area contributed by atoms with Crippen molar-refractivity contribution in [2.24, 2.45) is 0 Å². The third-order valence-corrected chi connectivity index (χ3v) is 3.83. The smallest absolute Gasteiger partial charge is 0.303 e. The van der Waals surface area contributed by atoms with Crippen LogP contribution in [0, 0.1) is 0 Å². The summed E-state index contributed by atoms with van der Waals surface area (Å²) in [5.74, 6) is -1.39. The maximum atomic E-state index is 12.5. The molecule has 0 amide bonds. The number of carboxylic acid groups (broad SMARTS) is 1. The number of nitrogens with zero attached hydrogens (tertiary/aromatic N) is 1. The van der Waals surface area contributed by atoms with Crippen molar-refractivity contribution in [1.29, 1.82) is 0 Å². The van der Waals surface area contributed by atoms with E-state index in [1.165, 1.54) is 0 Å². The average Bonchev–Trinajstić information content (AvgIpc) is 2.50. The molecule has 0 spiro atoms. The molecule has 22 heavy (non-hydrogen) atoms. The molecule has 0 radical (unpaired) electrons. The van der Waals surface area contributed by atoms with Crippen LogP contribution in [-0.4, -0.2) is 27.6 Å². The molecule has 5 nitrogen and oxygen atoms in total. The van der Waals surface area contributed by atoms with Crippen molar-refractivity contribution in [2.75, 3.05) is 0 Å². The molecule has 0 aliphatic heterocycles. The lowest BCUT2D eigenvalue weighted by Gasteiger charge is -2.20. The number of Topliss-reactive ketones (excluding diaryl/α,β-unsaturated/α-hetero) is 2. The molecule has 0 saturated carbocycles. The Hall–Kier alpha value is -2.56. The first-order valence-electron chi connectivity index (χ1n) is 7.01. The van der Waals surface area contributed by atoms with Gasteiger partial charge >= 0.3 is 5.97 Å². The lowest BCUT2D eigenvalue weighted by atomic mass is 9.81. The molecule has 0 unspecified atom stereocenters. The van der Waals surface area contributed by atoms with Gasteiger partial charge < -0.3 is 5.11 Å². The zero-order chi connectivity index (χ0) is 16.3. The van der Waals surface area contributed by atoms with E-state index >= 15 is 0 Å². The lowest BCUT2D eigenvalue weighted by Crippen LogP contribution is -2.23. The number of carbonyl (C=O) groups is 3. The highest BCUT2D eigenvalue weighted by Crippen LogP contribution is 2.29. The van der Waals surface area contributed by atoms with E-state index in [2.05, 4.69) is 4.98 Å². The molecule has 0 bridgehead atoms. The zero-order valence-electron chi connectivity index (χ0n) is 12.5. The molecule has 0 saturated heterocycles. The highest BCUT2D eigenvalue weighted by molar-refractivity contribution is 6.25. The van der Waals surface area contributed by atoms with Gasteiger partial charge in [-0.15, -0.1) is 0 Å². The van der Waals surface area contributed by atoms with Gasteiger partial charge in [0.1, 0.15) is 0 Å². The average molecular weight is 299 g/mol. The molecule has 1 aromatic rings. The first-order valence-corrected chi connectivity index (χ1v) is 7.01. The molecule has 114 valence electrons. The Morgan fingerprint density at radius 3 is 2.36 bits per heavy atom. The van der Waals surface area contributed by atoms with Gasteiger partial charge in [-0.1, -0.05) is 6.07 Å². The Balaban J connectivity index is 2.29. The second-order valence-corrected chi connectivity index (χ2v) is 5.30. The highest BCUT2D eigenvalue weighted by atomic mass is 16.4. The Labute approximate surface area is 128 Å². The van der Waals surface area contributed by atoms with Crippen LogP contribution in [0.2, 0.25) is 0 Å². The van der Waals surface area contributed by atoms with Gasteiger partial charge in [0, 0.05) is 47.5 Å². The summed E-state index contributed by atoms with van der Waals surface area (Å²) < 4.78 is 0. The van der Waals surface area contributed by atoms with Gasteiger partial charge in [-0.05, 0) is 31.9 Å². The standard InChI is InChI=1S/C17H17NO4/c1-10-13(5-6-15(19)20)16(21)11(2)14(17(10)22)8-12-4-3-7-18-9-12/h3-4,7,9H,5-6,8H2,1-2H3,(H,19,20). The van der Waals surface area contributed by atoms with E-state index in [1.807, 2.05) is 6.07 Å². The van der Waals surface area contributed by atoms with Crippen molar-refractivity contribution in [2.45, 2.75) is 33.1 Å². The molecule has 0 fully saturated rings. The number of aliphatic carboxylic acids is 1. The lowest BCUT2D eigenvalue weighted by molar-refractivity contribution is -0.137. The predicted octanol–water partition coefficient (Wildman–Crippen LogP) is 2.27. The molecule has 1 aromatic heterocycles. The SMILES string of the molecule is CC1=C(CCC(=O)O)C(=O)C(C)=C(Cc2cccnc2)C1=O. The normalized spacial score (nSPS) is 15.5. The van der Waals surface area contributed by atoms with Crippen LogP contribution in [0.25, 0.3) is 0 Å². The fraction of sp³-hybridized carbons (Fsp3) is 0.294. The van der Waals surface area contributed by atoms with Gasteiger partial charge in [0.15, 0.2) is 11.6 Å². The van der Waals surface area contributed by atoms with E-state index in [0.29, 0.717) is 28.7 Å². The summed E-state index contributed by atoms with van der Waals surface area (Å²) in [6.07, 6.45) is 3.60. The molecule has 5 heteroatoms. The third kappa shape index (κ3) is 3.19. The number of carbonyl (C=O) groups excluding carboxylic acids is 2. The van der Waals surface area contributed by atoms with Crippen molar-refractivity contribution in [3.8, 4) is 0 Å². The predicted molar refractivity (Wildman–Crippen MR) is 80.2 cm³/mol. The fourth-order valence-electron chi connectivity index (χ4n) is 2.52. The summed E-state index contributed by atoms with van der Waals surface area (Å²) >= 11 is 0. The van der Waals surface area contributed by atoms with Crippen molar-refractivity contribution >= 4 is 17.5 Å². The van der Waals surface area contributed by atoms with Crippen LogP contribution in [0.5, 0.6) is 0 Å². The van der Waals surface area contributed by atoms with E-state index in [-0.39, 0.29) is 24.4 Å². The minimum absolute atomic E-state index is 0.0866. The molecule has 1 aliphatic carbocycles. The van der Waals surface area contributed by atoms with E-state index in [1.54, 1.807) is 32.3 Å². The second-order valence-electron chi connectivity index (χ2n) is 5.30. The van der Waals surface area contributed by atoms with Gasteiger partial charge in [0.2, 0.25) is 0 Å². The Bertz CT molecular complexity index is 699. The highest BCUT2D eigenvalue weighted by Gasteiger charge is 2.30. The van der Waals surface area contributed by atoms with Crippen molar-refractivity contribution < 1.29 is 19.5 Å². The molecule has 1 aliphatic rings. The summed E-state index contributed by atoms with van der Waals surface area (Å²) in [6, 6.07) is 3.63. The summed E-state index contributed by atoms with van der Waals surface area (Å²) in [7, 11) is 0. The molecule has 1 N–H and O–H groups in total. The van der Waals surface area contributed by atoms with Crippen LogP contribution < -0.4 is 0 Å². The number of hydrogen-bond donors (Lipinski definition) is 1. The summed E-state index contributed by atoms with van der Waals surface area (Å²) in [6.45, 7) is 3.21. The van der Waals surface area contributed by atoms with Gasteiger partial charge in [0.25, 0.3) is 0 Å². The number of hydrogen-bond acceptors (Lipinski definition) is 4. The van der Waals surface area contributed by atoms with Gasteiger partial charge in [-0.2, -0.15) is 0 Å².